The maximum atomic E-state index is 12.2. The van der Waals surface area contributed by atoms with Crippen molar-refractivity contribution in [1.82, 2.24) is 81.8 Å². The quantitative estimate of drug-likeness (QED) is 0.0430. The third-order valence-electron chi connectivity index (χ3n) is 27.5. The van der Waals surface area contributed by atoms with Crippen molar-refractivity contribution >= 4 is 116 Å². The lowest BCUT2D eigenvalue weighted by atomic mass is 9.84. The van der Waals surface area contributed by atoms with Gasteiger partial charge >= 0.3 is 24.2 Å². The summed E-state index contributed by atoms with van der Waals surface area (Å²) in [6, 6.07) is 53.3. The number of benzene rings is 6. The van der Waals surface area contributed by atoms with Gasteiger partial charge in [0.1, 0.15) is 53.2 Å². The number of carboxylic acids is 1. The fourth-order valence-corrected chi connectivity index (χ4v) is 20.1. The fourth-order valence-electron chi connectivity index (χ4n) is 19.2. The van der Waals surface area contributed by atoms with Crippen LogP contribution in [0.5, 0.6) is 0 Å². The Labute approximate surface area is 751 Å². The molecule has 7 saturated carbocycles. The molecular formula is C95H105Cl4N19O8. The number of amides is 3. The van der Waals surface area contributed by atoms with E-state index in [4.69, 9.17) is 81.4 Å². The molecule has 5 spiro atoms. The second-order valence-electron chi connectivity index (χ2n) is 35.4. The van der Waals surface area contributed by atoms with E-state index in [0.717, 1.165) is 171 Å². The summed E-state index contributed by atoms with van der Waals surface area (Å²) in [6.07, 6.45) is 28.9. The van der Waals surface area contributed by atoms with Crippen molar-refractivity contribution in [1.29, 1.82) is 0 Å². The van der Waals surface area contributed by atoms with Crippen LogP contribution in [0.2, 0.25) is 20.2 Å². The molecule has 22 rings (SSSR count). The molecule has 6 aromatic heterocycles. The Kier molecular flexibility index (Phi) is 26.7. The van der Waals surface area contributed by atoms with Crippen LogP contribution in [0.4, 0.5) is 26.0 Å². The number of fused-ring (bicyclic) bond motifs is 3. The first-order chi connectivity index (χ1) is 61.3. The SMILES string of the molecule is Clc1cnc2c(-c3ccccc3Cl)[nH]nc2n1.NC1CC12CCN(c1cnc3c(-c4ccccc4Cl)[nH]nc3n1)CC2.O=C(NC1CC12CCCCC2)OCc1ccccc1.O=C(NC1CC12CCN(c1cnc3c(-c4ccccc4Cl)[nH]nc3n1)CC2)OCc1ccccc1.O=C(NC1CC12CCNCC2)OCc1ccccc1.O=C(O)C1CC12CCCCC2. The largest absolute Gasteiger partial charge is 0.481 e. The highest BCUT2D eigenvalue weighted by atomic mass is 35.5. The van der Waals surface area contributed by atoms with Crippen molar-refractivity contribution in [2.24, 2.45) is 38.7 Å². The number of aliphatic carboxylic acids is 1. The zero-order valence-electron chi connectivity index (χ0n) is 70.2. The zero-order valence-corrected chi connectivity index (χ0v) is 73.3. The molecule has 126 heavy (non-hydrogen) atoms. The number of aromatic amines is 3. The molecule has 10 N–H and O–H groups in total. The minimum atomic E-state index is -0.563. The summed E-state index contributed by atoms with van der Waals surface area (Å²) in [4.78, 5) is 77.9. The number of piperidine rings is 3. The first-order valence-corrected chi connectivity index (χ1v) is 45.5. The summed E-state index contributed by atoms with van der Waals surface area (Å²) in [7, 11) is 0. The van der Waals surface area contributed by atoms with Crippen LogP contribution < -0.4 is 36.8 Å². The van der Waals surface area contributed by atoms with Gasteiger partial charge in [-0.15, -0.1) is 0 Å². The molecule has 31 heteroatoms. The number of nitrogens with one attached hydrogen (secondary N) is 7. The van der Waals surface area contributed by atoms with Gasteiger partial charge in [0.05, 0.1) is 56.7 Å². The topological polar surface area (TPSA) is 360 Å². The highest BCUT2D eigenvalue weighted by molar-refractivity contribution is 6.34. The predicted octanol–water partition coefficient (Wildman–Crippen LogP) is 19.0. The first kappa shape index (κ1) is 87.0. The molecular weight excluding hydrogens is 1680 g/mol. The average molecular weight is 1780 g/mol. The molecule has 9 heterocycles. The number of ether oxygens (including phenoxy) is 3. The number of carbonyl (C=O) groups is 4. The van der Waals surface area contributed by atoms with Gasteiger partial charge in [0, 0.05) is 67.0 Å². The van der Waals surface area contributed by atoms with Gasteiger partial charge in [-0.3, -0.25) is 20.1 Å². The second-order valence-corrected chi connectivity index (χ2v) is 37.0. The molecule has 5 atom stereocenters. The van der Waals surface area contributed by atoms with E-state index < -0.39 is 5.97 Å². The van der Waals surface area contributed by atoms with Gasteiger partial charge in [0.2, 0.25) is 16.9 Å². The number of carboxylic acid groups (broad SMARTS) is 1. The van der Waals surface area contributed by atoms with Gasteiger partial charge in [0.15, 0.2) is 0 Å². The second kappa shape index (κ2) is 38.6. The zero-order chi connectivity index (χ0) is 86.8. The van der Waals surface area contributed by atoms with Crippen molar-refractivity contribution in [3.63, 3.8) is 0 Å². The predicted molar refractivity (Wildman–Crippen MR) is 488 cm³/mol. The van der Waals surface area contributed by atoms with Gasteiger partial charge in [-0.25, -0.2) is 44.3 Å². The lowest BCUT2D eigenvalue weighted by Gasteiger charge is -2.33. The number of H-pyrrole nitrogens is 3. The van der Waals surface area contributed by atoms with Gasteiger partial charge in [0.25, 0.3) is 0 Å². The van der Waals surface area contributed by atoms with Crippen LogP contribution in [0, 0.1) is 33.0 Å². The number of hydrogen-bond donors (Lipinski definition) is 9. The Hall–Kier alpha value is -11.1. The molecule has 10 aliphatic rings. The van der Waals surface area contributed by atoms with Crippen LogP contribution in [0.25, 0.3) is 67.3 Å². The Morgan fingerprint density at radius 3 is 1.10 bits per heavy atom. The minimum absolute atomic E-state index is 0.0165. The molecule has 3 amide bonds. The van der Waals surface area contributed by atoms with Crippen LogP contribution in [-0.4, -0.2) is 153 Å². The summed E-state index contributed by atoms with van der Waals surface area (Å²) in [5, 5.41) is 45.2. The average Bonchev–Trinajstić information content (AvgIpc) is 1.60. The Bertz CT molecular complexity index is 5690. The van der Waals surface area contributed by atoms with Gasteiger partial charge in [-0.2, -0.15) is 15.3 Å². The summed E-state index contributed by atoms with van der Waals surface area (Å²) in [5.74, 6) is 1.15. The van der Waals surface area contributed by atoms with Crippen LogP contribution in [-0.2, 0) is 38.8 Å². The lowest BCUT2D eigenvalue weighted by molar-refractivity contribution is -0.139. The summed E-state index contributed by atoms with van der Waals surface area (Å²) in [5.41, 5.74) is 19.4. The number of halogens is 4. The number of nitrogens with two attached hydrogens (primary N) is 1. The number of carbonyl (C=O) groups excluding carboxylic acids is 3. The third-order valence-corrected chi connectivity index (χ3v) is 28.6. The normalized spacial score (nSPS) is 21.1. The molecule has 5 unspecified atom stereocenters. The highest BCUT2D eigenvalue weighted by Gasteiger charge is 2.59. The highest BCUT2D eigenvalue weighted by Crippen LogP contribution is 2.62. The van der Waals surface area contributed by atoms with Crippen molar-refractivity contribution in [3.8, 4) is 33.8 Å². The molecule has 12 aromatic rings. The number of aromatic nitrogens is 12. The number of anilines is 2. The summed E-state index contributed by atoms with van der Waals surface area (Å²) in [6.45, 7) is 6.80. The molecule has 3 saturated heterocycles. The van der Waals surface area contributed by atoms with Crippen LogP contribution in [0.15, 0.2) is 182 Å². The summed E-state index contributed by atoms with van der Waals surface area (Å²) < 4.78 is 15.9. The first-order valence-electron chi connectivity index (χ1n) is 44.0. The minimum Gasteiger partial charge on any atom is -0.481 e. The van der Waals surface area contributed by atoms with Gasteiger partial charge in [-0.1, -0.05) is 231 Å². The van der Waals surface area contributed by atoms with E-state index in [2.05, 4.69) is 81.6 Å². The van der Waals surface area contributed by atoms with Gasteiger partial charge < -0.3 is 56.1 Å². The van der Waals surface area contributed by atoms with E-state index in [1.165, 1.54) is 76.8 Å². The maximum Gasteiger partial charge on any atom is 0.407 e. The Morgan fingerprint density at radius 1 is 0.405 bits per heavy atom. The van der Waals surface area contributed by atoms with E-state index in [1.807, 2.05) is 170 Å². The fraction of sp³-hybridized carbons (Fsp3) is 0.421. The molecule has 0 bridgehead atoms. The number of alkyl carbamates (subject to hydrolysis) is 3. The van der Waals surface area contributed by atoms with Crippen LogP contribution >= 0.6 is 46.4 Å². The molecule has 27 nitrogen and oxygen atoms in total. The molecule has 6 aromatic carbocycles. The van der Waals surface area contributed by atoms with E-state index in [-0.39, 0.29) is 47.7 Å². The molecule has 3 aliphatic heterocycles. The molecule has 10 fully saturated rings. The van der Waals surface area contributed by atoms with Crippen LogP contribution in [0.3, 0.4) is 0 Å². The summed E-state index contributed by atoms with van der Waals surface area (Å²) >= 11 is 24.5. The van der Waals surface area contributed by atoms with Crippen LogP contribution in [0.1, 0.15) is 152 Å². The monoisotopic (exact) mass is 1780 g/mol. The maximum absolute atomic E-state index is 12.2. The van der Waals surface area contributed by atoms with Crippen molar-refractivity contribution in [2.75, 3.05) is 49.1 Å². The van der Waals surface area contributed by atoms with E-state index in [9.17, 15) is 19.2 Å². The molecule has 0 radical (unpaired) electrons. The molecule has 7 aliphatic carbocycles. The van der Waals surface area contributed by atoms with E-state index in [0.29, 0.717) is 95.8 Å². The third kappa shape index (κ3) is 20.6. The standard InChI is InChI=1S/C26H25ClN6O2.C18H19ClN6.C16H21NO2.C15H20N2O2.C11H6Cl2N4.C9H14O2/c27-19-9-5-4-8-18(19)22-23-24(32-31-22)30-21(15-28-23)33-12-10-26(11-13-33)14-20(26)29-25(34)35-16-17-6-2-1-3-7-17;19-12-4-2-1-3-11(12)15-16-17(24-23-15)22-14(10-21-16)25-7-5-18(6-8-25)9-13(18)20;18-15(19-12-13-7-3-1-4-8-13)17-14-11-16(14)9-5-2-6-10-16;18-14(19-11-12-4-2-1-3-5-12)17-13-10-15(13)6-8-16-9-7-15;12-7-4-2-1-3-6(7)9-10-11(17-16-9)15-8(13)5-14-10;10-8(11)7-6-9(7)4-2-1-3-5-9/h1-9,15,20H,10-14,16H2,(H,29,34)(H,30,31,32);1-4,10,13H,5-9,20H2,(H,22,23,24);1,3-4,7-8,14H,2,5-6,9-12H2,(H,17,18);1-5,13,16H,6-11H2,(H,17,18);1-5H,(H,15,16,17);7H,1-6H2,(H,10,11). The van der Waals surface area contributed by atoms with Crippen molar-refractivity contribution in [2.45, 2.75) is 179 Å². The number of rotatable bonds is 15. The lowest BCUT2D eigenvalue weighted by Crippen LogP contribution is -2.39. The Morgan fingerprint density at radius 2 is 0.738 bits per heavy atom. The van der Waals surface area contributed by atoms with Gasteiger partial charge in [-0.05, 0) is 171 Å². The Balaban J connectivity index is 0.000000110. The van der Waals surface area contributed by atoms with E-state index in [1.54, 1.807) is 6.20 Å². The van der Waals surface area contributed by atoms with Crippen molar-refractivity contribution < 1.29 is 38.5 Å². The molecule has 656 valence electrons. The number of hydrogen-bond acceptors (Lipinski definition) is 20. The number of nitrogens with zero attached hydrogens (tertiary/aromatic N) is 11. The van der Waals surface area contributed by atoms with Crippen molar-refractivity contribution in [3.05, 3.63) is 219 Å². The van der Waals surface area contributed by atoms with E-state index >= 15 is 0 Å². The smallest absolute Gasteiger partial charge is 0.407 e.